The van der Waals surface area contributed by atoms with Crippen molar-refractivity contribution in [2.24, 2.45) is 0 Å². The van der Waals surface area contributed by atoms with Crippen molar-refractivity contribution < 1.29 is 23.9 Å². The van der Waals surface area contributed by atoms with Crippen molar-refractivity contribution in [3.05, 3.63) is 76.4 Å². The van der Waals surface area contributed by atoms with Crippen molar-refractivity contribution in [1.82, 2.24) is 0 Å². The minimum atomic E-state index is -0.627. The van der Waals surface area contributed by atoms with E-state index in [1.807, 2.05) is 13.0 Å². The lowest BCUT2D eigenvalue weighted by molar-refractivity contribution is 0.0443. The lowest BCUT2D eigenvalue weighted by atomic mass is 9.89. The Morgan fingerprint density at radius 2 is 1.25 bits per heavy atom. The molecule has 0 aromatic heterocycles. The molecule has 2 aromatic rings. The third-order valence-electron chi connectivity index (χ3n) is 4.45. The van der Waals surface area contributed by atoms with E-state index in [-0.39, 0.29) is 17.0 Å². The third kappa shape index (κ3) is 1.98. The highest BCUT2D eigenvalue weighted by atomic mass is 16.6. The lowest BCUT2D eigenvalue weighted by Gasteiger charge is -2.13. The predicted octanol–water partition coefficient (Wildman–Crippen LogP) is 3.29. The molecular weight excluding hydrogens is 308 g/mol. The van der Waals surface area contributed by atoms with Crippen LogP contribution in [0.4, 0.5) is 0 Å². The van der Waals surface area contributed by atoms with Gasteiger partial charge in [-0.1, -0.05) is 31.7 Å². The van der Waals surface area contributed by atoms with Gasteiger partial charge in [0.25, 0.3) is 0 Å². The molecule has 118 valence electrons. The average molecular weight is 320 g/mol. The fourth-order valence-electron chi connectivity index (χ4n) is 3.03. The van der Waals surface area contributed by atoms with E-state index in [1.165, 1.54) is 0 Å². The van der Waals surface area contributed by atoms with Crippen LogP contribution in [0.3, 0.4) is 0 Å². The number of cyclic esters (lactones) is 3. The Morgan fingerprint density at radius 1 is 0.750 bits per heavy atom. The summed E-state index contributed by atoms with van der Waals surface area (Å²) in [6.45, 7) is 5.67. The first-order valence-electron chi connectivity index (χ1n) is 7.41. The van der Waals surface area contributed by atoms with Crippen molar-refractivity contribution >= 4 is 23.7 Å². The van der Waals surface area contributed by atoms with E-state index in [1.54, 1.807) is 30.3 Å². The number of fused-ring (bicyclic) bond motifs is 2. The molecule has 2 aromatic carbocycles. The van der Waals surface area contributed by atoms with Crippen LogP contribution < -0.4 is 0 Å². The van der Waals surface area contributed by atoms with Gasteiger partial charge in [-0.3, -0.25) is 0 Å². The maximum absolute atomic E-state index is 11.8. The molecule has 4 rings (SSSR count). The second-order valence-corrected chi connectivity index (χ2v) is 5.82. The van der Waals surface area contributed by atoms with Crippen molar-refractivity contribution in [2.45, 2.75) is 12.8 Å². The minimum Gasteiger partial charge on any atom is -0.423 e. The predicted molar refractivity (Wildman–Crippen MR) is 84.6 cm³/mol. The Balaban J connectivity index is 1.74. The van der Waals surface area contributed by atoms with Gasteiger partial charge in [0.15, 0.2) is 0 Å². The average Bonchev–Trinajstić information content (AvgIpc) is 3.02. The zero-order chi connectivity index (χ0) is 17.0. The van der Waals surface area contributed by atoms with Crippen molar-refractivity contribution in [3.8, 4) is 0 Å². The highest BCUT2D eigenvalue weighted by molar-refractivity contribution is 6.14. The molecule has 0 fully saturated rings. The summed E-state index contributed by atoms with van der Waals surface area (Å²) in [5.41, 5.74) is 3.49. The molecule has 0 amide bonds. The summed E-state index contributed by atoms with van der Waals surface area (Å²) in [5, 5.41) is 0. The summed E-state index contributed by atoms with van der Waals surface area (Å²) in [6, 6.07) is 10.5. The summed E-state index contributed by atoms with van der Waals surface area (Å²) in [4.78, 5) is 35.1. The molecule has 5 heteroatoms. The quantitative estimate of drug-likeness (QED) is 0.627. The highest BCUT2D eigenvalue weighted by Gasteiger charge is 2.31. The molecule has 2 aliphatic heterocycles. The van der Waals surface area contributed by atoms with Crippen LogP contribution in [0.2, 0.25) is 0 Å². The van der Waals surface area contributed by atoms with E-state index < -0.39 is 17.9 Å². The second kappa shape index (κ2) is 4.89. The van der Waals surface area contributed by atoms with Gasteiger partial charge in [-0.25, -0.2) is 14.4 Å². The lowest BCUT2D eigenvalue weighted by Crippen LogP contribution is -2.02. The third-order valence-corrected chi connectivity index (χ3v) is 4.45. The minimum absolute atomic E-state index is 0.0780. The normalized spacial score (nSPS) is 16.5. The number of carbonyl (C=O) groups is 3. The summed E-state index contributed by atoms with van der Waals surface area (Å²) >= 11 is 0. The van der Waals surface area contributed by atoms with Gasteiger partial charge in [-0.15, -0.1) is 0 Å². The van der Waals surface area contributed by atoms with Gasteiger partial charge in [0.05, 0.1) is 16.7 Å². The van der Waals surface area contributed by atoms with Crippen LogP contribution in [0.1, 0.15) is 60.6 Å². The molecule has 5 nitrogen and oxygen atoms in total. The van der Waals surface area contributed by atoms with Crippen molar-refractivity contribution in [3.63, 3.8) is 0 Å². The molecule has 0 radical (unpaired) electrons. The van der Waals surface area contributed by atoms with Crippen molar-refractivity contribution in [2.75, 3.05) is 0 Å². The maximum atomic E-state index is 11.8. The number of esters is 3. The van der Waals surface area contributed by atoms with Gasteiger partial charge in [0, 0.05) is 11.5 Å². The first-order chi connectivity index (χ1) is 11.5. The standard InChI is InChI=1S/C19H12O5/c1-9(11-3-5-13-10(2)23-18(21)15(13)7-11)12-4-6-14-16(8-12)19(22)24-17(14)20/h3-9H,2H2,1H3. The van der Waals surface area contributed by atoms with Gasteiger partial charge < -0.3 is 9.47 Å². The molecule has 0 saturated carbocycles. The Kier molecular flexibility index (Phi) is 2.93. The van der Waals surface area contributed by atoms with E-state index >= 15 is 0 Å². The van der Waals surface area contributed by atoms with E-state index in [0.29, 0.717) is 16.9 Å². The maximum Gasteiger partial charge on any atom is 0.346 e. The van der Waals surface area contributed by atoms with E-state index in [9.17, 15) is 14.4 Å². The molecule has 0 bridgehead atoms. The highest BCUT2D eigenvalue weighted by Crippen LogP contribution is 2.34. The van der Waals surface area contributed by atoms with Crippen LogP contribution in [-0.4, -0.2) is 17.9 Å². The molecule has 2 aliphatic rings. The number of ether oxygens (including phenoxy) is 2. The Labute approximate surface area is 137 Å². The summed E-state index contributed by atoms with van der Waals surface area (Å²) in [7, 11) is 0. The molecule has 0 aliphatic carbocycles. The molecule has 24 heavy (non-hydrogen) atoms. The zero-order valence-corrected chi connectivity index (χ0v) is 12.8. The van der Waals surface area contributed by atoms with E-state index in [2.05, 4.69) is 11.3 Å². The fraction of sp³-hybridized carbons (Fsp3) is 0.105. The number of hydrogen-bond acceptors (Lipinski definition) is 5. The van der Waals surface area contributed by atoms with Crippen molar-refractivity contribution in [1.29, 1.82) is 0 Å². The van der Waals surface area contributed by atoms with E-state index in [4.69, 9.17) is 4.74 Å². The molecule has 1 unspecified atom stereocenters. The zero-order valence-electron chi connectivity index (χ0n) is 12.8. The summed E-state index contributed by atoms with van der Waals surface area (Å²) < 4.78 is 9.64. The SMILES string of the molecule is C=C1OC(=O)c2cc(C(C)c3ccc4c(c3)C(=O)OC4=O)ccc21. The number of rotatable bonds is 2. The van der Waals surface area contributed by atoms with Crippen LogP contribution in [0.25, 0.3) is 5.76 Å². The molecule has 0 spiro atoms. The molecular formula is C19H12O5. The number of hydrogen-bond donors (Lipinski definition) is 0. The summed E-state index contributed by atoms with van der Waals surface area (Å²) in [6.07, 6.45) is 0. The molecule has 2 heterocycles. The Hall–Kier alpha value is -3.21. The molecule has 0 saturated heterocycles. The number of carbonyl (C=O) groups excluding carboxylic acids is 3. The van der Waals surface area contributed by atoms with Gasteiger partial charge >= 0.3 is 17.9 Å². The molecule has 1 atom stereocenters. The van der Waals surface area contributed by atoms with Crippen LogP contribution >= 0.6 is 0 Å². The van der Waals surface area contributed by atoms with Gasteiger partial charge in [0.1, 0.15) is 5.76 Å². The van der Waals surface area contributed by atoms with E-state index in [0.717, 1.165) is 11.1 Å². The summed E-state index contributed by atoms with van der Waals surface area (Å²) in [5.74, 6) is -1.38. The van der Waals surface area contributed by atoms with Crippen LogP contribution in [0.15, 0.2) is 43.0 Å². The fourth-order valence-corrected chi connectivity index (χ4v) is 3.03. The smallest absolute Gasteiger partial charge is 0.346 e. The first kappa shape index (κ1) is 14.4. The second-order valence-electron chi connectivity index (χ2n) is 5.82. The Bertz CT molecular complexity index is 877. The Morgan fingerprint density at radius 3 is 1.92 bits per heavy atom. The van der Waals surface area contributed by atoms with Crippen LogP contribution in [0.5, 0.6) is 0 Å². The van der Waals surface area contributed by atoms with Gasteiger partial charge in [-0.05, 0) is 29.3 Å². The number of benzene rings is 2. The van der Waals surface area contributed by atoms with Crippen LogP contribution in [-0.2, 0) is 9.47 Å². The van der Waals surface area contributed by atoms with Crippen LogP contribution in [0, 0.1) is 0 Å². The monoisotopic (exact) mass is 320 g/mol. The first-order valence-corrected chi connectivity index (χ1v) is 7.41. The van der Waals surface area contributed by atoms with Gasteiger partial charge in [0.2, 0.25) is 0 Å². The molecule has 0 N–H and O–H groups in total. The topological polar surface area (TPSA) is 69.7 Å². The largest absolute Gasteiger partial charge is 0.423 e. The van der Waals surface area contributed by atoms with Gasteiger partial charge in [-0.2, -0.15) is 0 Å².